The molecule has 246 valence electrons. The van der Waals surface area contributed by atoms with Gasteiger partial charge >= 0.3 is 5.97 Å². The quantitative estimate of drug-likeness (QED) is 0.269. The third-order valence-electron chi connectivity index (χ3n) is 8.46. The summed E-state index contributed by atoms with van der Waals surface area (Å²) in [5.74, 6) is -1.06. The number of carboxylic acids is 1. The summed E-state index contributed by atoms with van der Waals surface area (Å²) in [5.41, 5.74) is 4.08. The molecule has 0 saturated carbocycles. The van der Waals surface area contributed by atoms with Crippen LogP contribution in [0.25, 0.3) is 0 Å². The SMILES string of the molecule is CCc1cc(Cl)cc(CC)c1NC(=O)CN1C[C@H](c2ccc3c(c2)OCCO3)C(C(=O)O)[C@@H]1c1ccc(OCCS(C)(=O)=O)cc1. The molecule has 0 aliphatic carbocycles. The van der Waals surface area contributed by atoms with Crippen LogP contribution in [0.2, 0.25) is 5.02 Å². The summed E-state index contributed by atoms with van der Waals surface area (Å²) in [6, 6.07) is 15.5. The summed E-state index contributed by atoms with van der Waals surface area (Å²) in [7, 11) is -3.18. The number of carbonyl (C=O) groups is 2. The number of ether oxygens (including phenoxy) is 3. The molecule has 0 bridgehead atoms. The lowest BCUT2D eigenvalue weighted by Gasteiger charge is -2.27. The predicted molar refractivity (Wildman–Crippen MR) is 176 cm³/mol. The fourth-order valence-electron chi connectivity index (χ4n) is 6.30. The molecule has 1 fully saturated rings. The van der Waals surface area contributed by atoms with Crippen LogP contribution in [0.15, 0.2) is 54.6 Å². The number of hydrogen-bond donors (Lipinski definition) is 2. The molecule has 0 spiro atoms. The Balaban J connectivity index is 1.46. The molecule has 2 aliphatic heterocycles. The lowest BCUT2D eigenvalue weighted by Crippen LogP contribution is -2.35. The number of nitrogens with zero attached hydrogens (tertiary/aromatic N) is 1. The van der Waals surface area contributed by atoms with Crippen molar-refractivity contribution >= 4 is 39.0 Å². The average Bonchev–Trinajstić information content (AvgIpc) is 3.40. The second-order valence-electron chi connectivity index (χ2n) is 11.6. The predicted octanol–water partition coefficient (Wildman–Crippen LogP) is 5.14. The summed E-state index contributed by atoms with van der Waals surface area (Å²) in [6.45, 7) is 5.12. The number of anilines is 1. The molecule has 3 aromatic carbocycles. The van der Waals surface area contributed by atoms with Gasteiger partial charge in [-0.15, -0.1) is 0 Å². The minimum Gasteiger partial charge on any atom is -0.493 e. The first-order chi connectivity index (χ1) is 22.0. The number of nitrogens with one attached hydrogen (secondary N) is 1. The Kier molecular flexibility index (Phi) is 10.4. The highest BCUT2D eigenvalue weighted by Crippen LogP contribution is 2.47. The van der Waals surface area contributed by atoms with Gasteiger partial charge in [-0.1, -0.05) is 43.6 Å². The fourth-order valence-corrected chi connectivity index (χ4v) is 6.95. The third kappa shape index (κ3) is 7.76. The minimum atomic E-state index is -3.18. The highest BCUT2D eigenvalue weighted by Gasteiger charge is 2.48. The van der Waals surface area contributed by atoms with Crippen molar-refractivity contribution in [1.82, 2.24) is 4.90 Å². The van der Waals surface area contributed by atoms with Crippen LogP contribution in [0, 0.1) is 5.92 Å². The smallest absolute Gasteiger partial charge is 0.309 e. The number of amides is 1. The van der Waals surface area contributed by atoms with Crippen LogP contribution in [-0.4, -0.2) is 75.2 Å². The molecular formula is C34H39ClN2O8S. The standard InChI is InChI=1S/C34H39ClN2O8S/c1-4-21-16-25(35)17-22(5-2)32(21)36-30(38)20-37-19-27(24-8-11-28-29(18-24)45-13-12-44-28)31(34(39)40)33(37)23-6-9-26(10-7-23)43-14-15-46(3,41)42/h6-11,16-18,27,31,33H,4-5,12-15,19-20H2,1-3H3,(H,36,38)(H,39,40)/t27-,31?,33+/m1/s1. The van der Waals surface area contributed by atoms with E-state index in [2.05, 4.69) is 5.32 Å². The van der Waals surface area contributed by atoms with Crippen LogP contribution in [0.1, 0.15) is 48.1 Å². The number of fused-ring (bicyclic) bond motifs is 1. The fraction of sp³-hybridized carbons (Fsp3) is 0.412. The molecule has 2 heterocycles. The number of sulfone groups is 1. The van der Waals surface area contributed by atoms with Gasteiger partial charge in [-0.2, -0.15) is 0 Å². The molecule has 1 unspecified atom stereocenters. The molecule has 10 nitrogen and oxygen atoms in total. The zero-order valence-electron chi connectivity index (χ0n) is 26.1. The highest BCUT2D eigenvalue weighted by atomic mass is 35.5. The highest BCUT2D eigenvalue weighted by molar-refractivity contribution is 7.90. The van der Waals surface area contributed by atoms with Crippen molar-refractivity contribution in [3.05, 3.63) is 81.9 Å². The van der Waals surface area contributed by atoms with E-state index < -0.39 is 33.7 Å². The molecule has 5 rings (SSSR count). The van der Waals surface area contributed by atoms with E-state index in [-0.39, 0.29) is 24.8 Å². The number of carbonyl (C=O) groups excluding carboxylic acids is 1. The number of aliphatic carboxylic acids is 1. The van der Waals surface area contributed by atoms with Crippen LogP contribution in [0.5, 0.6) is 17.2 Å². The Bertz CT molecular complexity index is 1670. The van der Waals surface area contributed by atoms with Crippen LogP contribution >= 0.6 is 11.6 Å². The second-order valence-corrected chi connectivity index (χ2v) is 14.3. The Morgan fingerprint density at radius 1 is 0.978 bits per heavy atom. The van der Waals surface area contributed by atoms with Crippen LogP contribution in [-0.2, 0) is 32.3 Å². The minimum absolute atomic E-state index is 0.00202. The average molecular weight is 671 g/mol. The van der Waals surface area contributed by atoms with Gasteiger partial charge in [0.15, 0.2) is 21.3 Å². The van der Waals surface area contributed by atoms with Crippen molar-refractivity contribution < 1.29 is 37.3 Å². The zero-order chi connectivity index (χ0) is 33.0. The van der Waals surface area contributed by atoms with E-state index in [0.29, 0.717) is 60.4 Å². The van der Waals surface area contributed by atoms with Crippen molar-refractivity contribution in [3.63, 3.8) is 0 Å². The number of hydrogen-bond acceptors (Lipinski definition) is 8. The van der Waals surface area contributed by atoms with Gasteiger partial charge < -0.3 is 24.6 Å². The van der Waals surface area contributed by atoms with Gasteiger partial charge in [-0.05, 0) is 71.5 Å². The van der Waals surface area contributed by atoms with Crippen LogP contribution < -0.4 is 19.5 Å². The first-order valence-corrected chi connectivity index (χ1v) is 17.8. The molecule has 1 amide bonds. The van der Waals surface area contributed by atoms with Crippen molar-refractivity contribution in [3.8, 4) is 17.2 Å². The van der Waals surface area contributed by atoms with Crippen LogP contribution in [0.4, 0.5) is 5.69 Å². The number of benzene rings is 3. The first-order valence-electron chi connectivity index (χ1n) is 15.4. The normalized spacial score (nSPS) is 19.5. The maximum absolute atomic E-state index is 13.7. The summed E-state index contributed by atoms with van der Waals surface area (Å²) in [6.07, 6.45) is 2.51. The molecule has 0 aromatic heterocycles. The van der Waals surface area contributed by atoms with E-state index in [1.165, 1.54) is 0 Å². The lowest BCUT2D eigenvalue weighted by molar-refractivity contribution is -0.143. The topological polar surface area (TPSA) is 131 Å². The Hall–Kier alpha value is -3.80. The number of likely N-dealkylation sites (tertiary alicyclic amines) is 1. The molecule has 2 aliphatic rings. The van der Waals surface area contributed by atoms with Gasteiger partial charge in [0, 0.05) is 35.5 Å². The maximum Gasteiger partial charge on any atom is 0.309 e. The van der Waals surface area contributed by atoms with Crippen molar-refractivity contribution in [2.45, 2.75) is 38.6 Å². The van der Waals surface area contributed by atoms with Crippen molar-refractivity contribution in [1.29, 1.82) is 0 Å². The van der Waals surface area contributed by atoms with Crippen molar-refractivity contribution in [2.24, 2.45) is 5.92 Å². The first kappa shape index (κ1) is 33.6. The van der Waals surface area contributed by atoms with Gasteiger partial charge in [0.05, 0.1) is 18.2 Å². The third-order valence-corrected chi connectivity index (χ3v) is 9.59. The number of carboxylic acid groups (broad SMARTS) is 1. The monoisotopic (exact) mass is 670 g/mol. The number of aryl methyl sites for hydroxylation is 2. The Morgan fingerprint density at radius 3 is 2.22 bits per heavy atom. The van der Waals surface area contributed by atoms with Crippen molar-refractivity contribution in [2.75, 3.05) is 50.2 Å². The summed E-state index contributed by atoms with van der Waals surface area (Å²) < 4.78 is 40.1. The number of rotatable bonds is 12. The second kappa shape index (κ2) is 14.3. The summed E-state index contributed by atoms with van der Waals surface area (Å²) in [5, 5.41) is 14.3. The molecular weight excluding hydrogens is 632 g/mol. The van der Waals surface area contributed by atoms with E-state index >= 15 is 0 Å². The van der Waals surface area contributed by atoms with Gasteiger partial charge in [0.2, 0.25) is 5.91 Å². The Labute approximate surface area is 274 Å². The maximum atomic E-state index is 13.7. The Morgan fingerprint density at radius 2 is 1.61 bits per heavy atom. The van der Waals surface area contributed by atoms with E-state index in [1.54, 1.807) is 30.3 Å². The number of halogens is 1. The van der Waals surface area contributed by atoms with Gasteiger partial charge in [0.1, 0.15) is 25.6 Å². The van der Waals surface area contributed by atoms with E-state index in [0.717, 1.165) is 28.6 Å². The van der Waals surface area contributed by atoms with E-state index in [1.807, 2.05) is 43.0 Å². The van der Waals surface area contributed by atoms with E-state index in [9.17, 15) is 23.1 Å². The molecule has 12 heteroatoms. The molecule has 46 heavy (non-hydrogen) atoms. The van der Waals surface area contributed by atoms with Crippen LogP contribution in [0.3, 0.4) is 0 Å². The van der Waals surface area contributed by atoms with Gasteiger partial charge in [-0.25, -0.2) is 8.42 Å². The largest absolute Gasteiger partial charge is 0.493 e. The molecule has 0 radical (unpaired) electrons. The lowest BCUT2D eigenvalue weighted by atomic mass is 9.82. The molecule has 1 saturated heterocycles. The van der Waals surface area contributed by atoms with Gasteiger partial charge in [-0.3, -0.25) is 14.5 Å². The summed E-state index contributed by atoms with van der Waals surface area (Å²) >= 11 is 6.33. The summed E-state index contributed by atoms with van der Waals surface area (Å²) in [4.78, 5) is 28.6. The van der Waals surface area contributed by atoms with E-state index in [4.69, 9.17) is 25.8 Å². The molecule has 3 atom stereocenters. The van der Waals surface area contributed by atoms with Gasteiger partial charge in [0.25, 0.3) is 0 Å². The zero-order valence-corrected chi connectivity index (χ0v) is 27.7. The molecule has 2 N–H and O–H groups in total. The molecule has 3 aromatic rings.